The van der Waals surface area contributed by atoms with Gasteiger partial charge in [0, 0.05) is 6.67 Å². The van der Waals surface area contributed by atoms with E-state index < -0.39 is 0 Å². The van der Waals surface area contributed by atoms with Gasteiger partial charge in [-0.1, -0.05) is 27.7 Å². The van der Waals surface area contributed by atoms with Gasteiger partial charge in [0.2, 0.25) is 0 Å². The standard InChI is InChI=1S/C9H22N2.C5H14N2/c1-5-10(6-2)9-11(7-3)8-4;1-6(2)5-7(3)4/h5-9H2,1-4H3;5H2,1-4H3. The smallest absolute Gasteiger partial charge is 0.0505 e. The van der Waals surface area contributed by atoms with Crippen molar-refractivity contribution in [2.75, 3.05) is 67.7 Å². The van der Waals surface area contributed by atoms with Crippen LogP contribution in [0.1, 0.15) is 27.7 Å². The molecule has 0 fully saturated rings. The third-order valence-electron chi connectivity index (χ3n) is 2.75. The second-order valence-corrected chi connectivity index (χ2v) is 5.05. The van der Waals surface area contributed by atoms with Crippen LogP contribution >= 0.6 is 0 Å². The largest absolute Gasteiger partial charge is 0.297 e. The van der Waals surface area contributed by atoms with E-state index in [0.717, 1.165) is 39.5 Å². The summed E-state index contributed by atoms with van der Waals surface area (Å²) in [6, 6.07) is 0. The molecule has 0 atom stereocenters. The zero-order valence-electron chi connectivity index (χ0n) is 14.0. The topological polar surface area (TPSA) is 13.0 Å². The van der Waals surface area contributed by atoms with Crippen molar-refractivity contribution in [1.82, 2.24) is 19.6 Å². The Labute approximate surface area is 116 Å². The maximum absolute atomic E-state index is 2.44. The van der Waals surface area contributed by atoms with Crippen LogP contribution in [-0.2, 0) is 0 Å². The highest BCUT2D eigenvalue weighted by molar-refractivity contribution is 4.53. The first-order chi connectivity index (χ1) is 8.40. The maximum Gasteiger partial charge on any atom is 0.0505 e. The van der Waals surface area contributed by atoms with E-state index >= 15 is 0 Å². The molecule has 0 radical (unpaired) electrons. The van der Waals surface area contributed by atoms with Crippen LogP contribution in [0.3, 0.4) is 0 Å². The first-order valence-corrected chi connectivity index (χ1v) is 7.15. The molecule has 18 heavy (non-hydrogen) atoms. The van der Waals surface area contributed by atoms with E-state index in [2.05, 4.69) is 75.5 Å². The summed E-state index contributed by atoms with van der Waals surface area (Å²) in [6.45, 7) is 15.7. The molecule has 4 heteroatoms. The number of rotatable bonds is 8. The van der Waals surface area contributed by atoms with Gasteiger partial charge in [0.05, 0.1) is 6.67 Å². The fourth-order valence-electron chi connectivity index (χ4n) is 1.70. The van der Waals surface area contributed by atoms with Crippen LogP contribution in [0.4, 0.5) is 0 Å². The van der Waals surface area contributed by atoms with Gasteiger partial charge in [0.1, 0.15) is 0 Å². The number of hydrogen-bond acceptors (Lipinski definition) is 4. The molecule has 0 rings (SSSR count). The third kappa shape index (κ3) is 13.9. The molecule has 112 valence electrons. The lowest BCUT2D eigenvalue weighted by atomic mass is 10.5. The Morgan fingerprint density at radius 1 is 0.500 bits per heavy atom. The summed E-state index contributed by atoms with van der Waals surface area (Å²) in [5.74, 6) is 0. The highest BCUT2D eigenvalue weighted by Gasteiger charge is 2.03. The van der Waals surface area contributed by atoms with Crippen LogP contribution in [0, 0.1) is 0 Å². The van der Waals surface area contributed by atoms with Crippen molar-refractivity contribution in [3.8, 4) is 0 Å². The second kappa shape index (κ2) is 13.3. The van der Waals surface area contributed by atoms with E-state index in [1.807, 2.05) is 0 Å². The summed E-state index contributed by atoms with van der Waals surface area (Å²) in [4.78, 5) is 9.12. The van der Waals surface area contributed by atoms with E-state index in [1.165, 1.54) is 0 Å². The van der Waals surface area contributed by atoms with Crippen LogP contribution in [0.5, 0.6) is 0 Å². The molecule has 0 amide bonds. The SMILES string of the molecule is CCN(CC)CN(CC)CC.CN(C)CN(C)C. The van der Waals surface area contributed by atoms with Gasteiger partial charge in [0.15, 0.2) is 0 Å². The van der Waals surface area contributed by atoms with Crippen molar-refractivity contribution in [3.05, 3.63) is 0 Å². The highest BCUT2D eigenvalue weighted by atomic mass is 15.3. The number of nitrogens with zero attached hydrogens (tertiary/aromatic N) is 4. The molecule has 0 aromatic carbocycles. The molecule has 0 unspecified atom stereocenters. The predicted molar refractivity (Wildman–Crippen MR) is 83.0 cm³/mol. The van der Waals surface area contributed by atoms with Crippen molar-refractivity contribution >= 4 is 0 Å². The first kappa shape index (κ1) is 20.2. The van der Waals surface area contributed by atoms with Gasteiger partial charge in [-0.2, -0.15) is 0 Å². The van der Waals surface area contributed by atoms with Gasteiger partial charge in [-0.25, -0.2) is 0 Å². The Balaban J connectivity index is 0. The Hall–Kier alpha value is -0.160. The van der Waals surface area contributed by atoms with Crippen LogP contribution in [0.25, 0.3) is 0 Å². The van der Waals surface area contributed by atoms with Crippen LogP contribution in [0.2, 0.25) is 0 Å². The minimum atomic E-state index is 1.03. The summed E-state index contributed by atoms with van der Waals surface area (Å²) in [5, 5.41) is 0. The summed E-state index contributed by atoms with van der Waals surface area (Å²) < 4.78 is 0. The van der Waals surface area contributed by atoms with E-state index in [9.17, 15) is 0 Å². The molecular formula is C14H36N4. The Morgan fingerprint density at radius 3 is 0.889 bits per heavy atom. The quantitative estimate of drug-likeness (QED) is 0.616. The zero-order chi connectivity index (χ0) is 14.6. The zero-order valence-corrected chi connectivity index (χ0v) is 14.0. The van der Waals surface area contributed by atoms with Gasteiger partial charge >= 0.3 is 0 Å². The second-order valence-electron chi connectivity index (χ2n) is 5.05. The van der Waals surface area contributed by atoms with Gasteiger partial charge < -0.3 is 0 Å². The lowest BCUT2D eigenvalue weighted by Crippen LogP contribution is -2.37. The van der Waals surface area contributed by atoms with Crippen LogP contribution in [-0.4, -0.2) is 87.3 Å². The van der Waals surface area contributed by atoms with Gasteiger partial charge in [-0.15, -0.1) is 0 Å². The molecule has 0 aromatic heterocycles. The normalized spacial score (nSPS) is 11.3. The van der Waals surface area contributed by atoms with Gasteiger partial charge in [0.25, 0.3) is 0 Å². The molecular weight excluding hydrogens is 224 g/mol. The van der Waals surface area contributed by atoms with E-state index in [-0.39, 0.29) is 0 Å². The average molecular weight is 260 g/mol. The Morgan fingerprint density at radius 2 is 0.778 bits per heavy atom. The monoisotopic (exact) mass is 260 g/mol. The molecule has 0 heterocycles. The fourth-order valence-corrected chi connectivity index (χ4v) is 1.70. The Bertz CT molecular complexity index is 136. The number of hydrogen-bond donors (Lipinski definition) is 0. The van der Waals surface area contributed by atoms with Crippen LogP contribution < -0.4 is 0 Å². The molecule has 0 N–H and O–H groups in total. The molecule has 0 saturated heterocycles. The third-order valence-corrected chi connectivity index (χ3v) is 2.75. The predicted octanol–water partition coefficient (Wildman–Crippen LogP) is 1.69. The van der Waals surface area contributed by atoms with E-state index in [4.69, 9.17) is 0 Å². The van der Waals surface area contributed by atoms with Crippen molar-refractivity contribution in [3.63, 3.8) is 0 Å². The van der Waals surface area contributed by atoms with E-state index in [1.54, 1.807) is 0 Å². The summed E-state index contributed by atoms with van der Waals surface area (Å²) in [5.41, 5.74) is 0. The molecule has 0 bridgehead atoms. The van der Waals surface area contributed by atoms with E-state index in [0.29, 0.717) is 0 Å². The highest BCUT2D eigenvalue weighted by Crippen LogP contribution is 1.92. The molecule has 0 aromatic rings. The average Bonchev–Trinajstić information content (AvgIpc) is 2.30. The fraction of sp³-hybridized carbons (Fsp3) is 1.00. The molecule has 0 aliphatic rings. The lowest BCUT2D eigenvalue weighted by Gasteiger charge is -2.26. The molecule has 0 aliphatic heterocycles. The molecule has 0 aliphatic carbocycles. The molecule has 4 nitrogen and oxygen atoms in total. The van der Waals surface area contributed by atoms with Crippen molar-refractivity contribution in [1.29, 1.82) is 0 Å². The minimum Gasteiger partial charge on any atom is -0.297 e. The van der Waals surface area contributed by atoms with Gasteiger partial charge in [-0.05, 0) is 54.4 Å². The maximum atomic E-state index is 2.44. The van der Waals surface area contributed by atoms with Crippen LogP contribution in [0.15, 0.2) is 0 Å². The molecule has 0 spiro atoms. The molecule has 0 saturated carbocycles. The minimum absolute atomic E-state index is 1.03. The summed E-state index contributed by atoms with van der Waals surface area (Å²) >= 11 is 0. The van der Waals surface area contributed by atoms with Crippen molar-refractivity contribution < 1.29 is 0 Å². The van der Waals surface area contributed by atoms with Crippen molar-refractivity contribution in [2.45, 2.75) is 27.7 Å². The summed E-state index contributed by atoms with van der Waals surface area (Å²) in [7, 11) is 8.22. The summed E-state index contributed by atoms with van der Waals surface area (Å²) in [6.07, 6.45) is 0. The Kier molecular flexibility index (Phi) is 14.9. The van der Waals surface area contributed by atoms with Crippen molar-refractivity contribution in [2.24, 2.45) is 0 Å². The first-order valence-electron chi connectivity index (χ1n) is 7.15. The lowest BCUT2D eigenvalue weighted by molar-refractivity contribution is 0.152. The van der Waals surface area contributed by atoms with Gasteiger partial charge in [-0.3, -0.25) is 19.6 Å².